The number of hydrogen-bond donors (Lipinski definition) is 3. The summed E-state index contributed by atoms with van der Waals surface area (Å²) >= 11 is 0. The molecule has 0 atom stereocenters. The minimum absolute atomic E-state index is 0.148. The Kier molecular flexibility index (Phi) is 4.45. The van der Waals surface area contributed by atoms with Crippen molar-refractivity contribution in [2.24, 2.45) is 11.1 Å². The van der Waals surface area contributed by atoms with E-state index in [1.54, 1.807) is 6.20 Å². The number of nitrogens with two attached hydrogens (primary N) is 1. The van der Waals surface area contributed by atoms with E-state index in [1.165, 1.54) is 0 Å². The van der Waals surface area contributed by atoms with Gasteiger partial charge < -0.3 is 16.0 Å². The van der Waals surface area contributed by atoms with Crippen molar-refractivity contribution in [3.05, 3.63) is 24.0 Å². The van der Waals surface area contributed by atoms with Crippen LogP contribution in [0.25, 0.3) is 0 Å². The van der Waals surface area contributed by atoms with E-state index >= 15 is 0 Å². The fraction of sp³-hybridized carbons (Fsp3) is 0.533. The molecule has 114 valence electrons. The fourth-order valence-electron chi connectivity index (χ4n) is 2.52. The highest BCUT2D eigenvalue weighted by Gasteiger charge is 2.33. The summed E-state index contributed by atoms with van der Waals surface area (Å²) in [5, 5.41) is 10.4. The van der Waals surface area contributed by atoms with Crippen LogP contribution < -0.4 is 16.0 Å². The van der Waals surface area contributed by atoms with Crippen molar-refractivity contribution in [2.75, 3.05) is 24.5 Å². The van der Waals surface area contributed by atoms with E-state index in [9.17, 15) is 4.79 Å². The van der Waals surface area contributed by atoms with Gasteiger partial charge in [-0.1, -0.05) is 6.92 Å². The lowest BCUT2D eigenvalue weighted by Gasteiger charge is -2.39. The Hall–Kier alpha value is -2.11. The first kappa shape index (κ1) is 15.3. The second-order valence-corrected chi connectivity index (χ2v) is 5.72. The van der Waals surface area contributed by atoms with Crippen LogP contribution in [0.4, 0.5) is 5.69 Å². The van der Waals surface area contributed by atoms with Gasteiger partial charge in [-0.05, 0) is 31.9 Å². The van der Waals surface area contributed by atoms with Crippen LogP contribution in [0.5, 0.6) is 0 Å². The lowest BCUT2D eigenvalue weighted by Crippen LogP contribution is -2.45. The van der Waals surface area contributed by atoms with Gasteiger partial charge in [-0.3, -0.25) is 15.2 Å². The van der Waals surface area contributed by atoms with Gasteiger partial charge in [-0.2, -0.15) is 0 Å². The monoisotopic (exact) mass is 289 g/mol. The summed E-state index contributed by atoms with van der Waals surface area (Å²) in [6.45, 7) is 6.17. The SMILES string of the molecule is CCNC(=O)c1cc(N2CCC(C)(C(=N)N)CC2)ccn1. The van der Waals surface area contributed by atoms with Gasteiger partial charge in [-0.15, -0.1) is 0 Å². The fourth-order valence-corrected chi connectivity index (χ4v) is 2.52. The smallest absolute Gasteiger partial charge is 0.269 e. The quantitative estimate of drug-likeness (QED) is 0.576. The zero-order valence-electron chi connectivity index (χ0n) is 12.6. The van der Waals surface area contributed by atoms with E-state index in [2.05, 4.69) is 15.2 Å². The summed E-state index contributed by atoms with van der Waals surface area (Å²) in [6, 6.07) is 3.74. The van der Waals surface area contributed by atoms with E-state index in [-0.39, 0.29) is 17.2 Å². The number of nitrogens with zero attached hydrogens (tertiary/aromatic N) is 2. The van der Waals surface area contributed by atoms with Crippen molar-refractivity contribution < 1.29 is 4.79 Å². The Balaban J connectivity index is 2.09. The lowest BCUT2D eigenvalue weighted by atomic mass is 9.79. The molecule has 0 radical (unpaired) electrons. The molecule has 1 saturated heterocycles. The number of anilines is 1. The summed E-state index contributed by atoms with van der Waals surface area (Å²) in [5.74, 6) is 0.116. The largest absolute Gasteiger partial charge is 0.387 e. The Morgan fingerprint density at radius 1 is 1.52 bits per heavy atom. The third-order valence-electron chi connectivity index (χ3n) is 4.20. The molecular weight excluding hydrogens is 266 g/mol. The number of carbonyl (C=O) groups excluding carboxylic acids is 1. The Bertz CT molecular complexity index is 535. The zero-order valence-corrected chi connectivity index (χ0v) is 12.6. The summed E-state index contributed by atoms with van der Waals surface area (Å²) < 4.78 is 0. The highest BCUT2D eigenvalue weighted by Crippen LogP contribution is 2.32. The molecule has 0 bridgehead atoms. The Labute approximate surface area is 125 Å². The standard InChI is InChI=1S/C15H23N5O/c1-3-18-13(21)12-10-11(4-7-19-12)20-8-5-15(2,6-9-20)14(16)17/h4,7,10H,3,5-6,8-9H2,1-2H3,(H3,16,17)(H,18,21). The number of rotatable bonds is 4. The molecule has 1 amide bonds. The predicted octanol–water partition coefficient (Wildman–Crippen LogP) is 1.37. The van der Waals surface area contributed by atoms with Crippen molar-refractivity contribution in [1.82, 2.24) is 10.3 Å². The van der Waals surface area contributed by atoms with E-state index in [0.717, 1.165) is 31.6 Å². The third kappa shape index (κ3) is 3.32. The van der Waals surface area contributed by atoms with Crippen LogP contribution in [0.3, 0.4) is 0 Å². The summed E-state index contributed by atoms with van der Waals surface area (Å²) in [5.41, 5.74) is 6.92. The molecule has 6 heteroatoms. The maximum absolute atomic E-state index is 11.8. The molecule has 4 N–H and O–H groups in total. The maximum Gasteiger partial charge on any atom is 0.269 e. The lowest BCUT2D eigenvalue weighted by molar-refractivity contribution is 0.0951. The molecule has 21 heavy (non-hydrogen) atoms. The maximum atomic E-state index is 11.8. The Morgan fingerprint density at radius 2 is 2.19 bits per heavy atom. The first-order valence-electron chi connectivity index (χ1n) is 7.30. The number of amidine groups is 1. The predicted molar refractivity (Wildman–Crippen MR) is 83.7 cm³/mol. The minimum atomic E-state index is -0.202. The molecule has 2 heterocycles. The van der Waals surface area contributed by atoms with Crippen LogP contribution in [-0.4, -0.2) is 36.4 Å². The molecule has 2 rings (SSSR count). The molecule has 0 aromatic carbocycles. The molecule has 0 aliphatic carbocycles. The van der Waals surface area contributed by atoms with Crippen molar-refractivity contribution >= 4 is 17.4 Å². The van der Waals surface area contributed by atoms with Crippen LogP contribution in [0, 0.1) is 10.8 Å². The molecule has 0 saturated carbocycles. The molecule has 1 aliphatic rings. The first-order chi connectivity index (χ1) is 9.96. The molecule has 0 spiro atoms. The van der Waals surface area contributed by atoms with E-state index in [4.69, 9.17) is 11.1 Å². The Morgan fingerprint density at radius 3 is 2.76 bits per heavy atom. The first-order valence-corrected chi connectivity index (χ1v) is 7.30. The van der Waals surface area contributed by atoms with Gasteiger partial charge >= 0.3 is 0 Å². The van der Waals surface area contributed by atoms with E-state index in [0.29, 0.717) is 12.2 Å². The number of carbonyl (C=O) groups is 1. The third-order valence-corrected chi connectivity index (χ3v) is 4.20. The molecule has 1 aromatic heterocycles. The molecule has 0 unspecified atom stereocenters. The summed E-state index contributed by atoms with van der Waals surface area (Å²) in [4.78, 5) is 18.2. The van der Waals surface area contributed by atoms with Crippen LogP contribution in [0.1, 0.15) is 37.2 Å². The van der Waals surface area contributed by atoms with Gasteiger partial charge in [0.05, 0.1) is 5.84 Å². The topological polar surface area (TPSA) is 95.1 Å². The van der Waals surface area contributed by atoms with Gasteiger partial charge in [0.25, 0.3) is 5.91 Å². The normalized spacial score (nSPS) is 17.3. The number of pyridine rings is 1. The number of aromatic nitrogens is 1. The number of nitrogens with one attached hydrogen (secondary N) is 2. The van der Waals surface area contributed by atoms with Crippen LogP contribution >= 0.6 is 0 Å². The van der Waals surface area contributed by atoms with Gasteiger partial charge in [0.15, 0.2) is 0 Å². The number of amides is 1. The number of piperidine rings is 1. The minimum Gasteiger partial charge on any atom is -0.387 e. The van der Waals surface area contributed by atoms with Gasteiger partial charge in [0.1, 0.15) is 5.69 Å². The summed E-state index contributed by atoms with van der Waals surface area (Å²) in [6.07, 6.45) is 3.36. The molecule has 6 nitrogen and oxygen atoms in total. The summed E-state index contributed by atoms with van der Waals surface area (Å²) in [7, 11) is 0. The van der Waals surface area contributed by atoms with Crippen LogP contribution in [-0.2, 0) is 0 Å². The van der Waals surface area contributed by atoms with Crippen molar-refractivity contribution in [3.63, 3.8) is 0 Å². The van der Waals surface area contributed by atoms with Crippen LogP contribution in [0.2, 0.25) is 0 Å². The molecule has 1 aromatic rings. The van der Waals surface area contributed by atoms with E-state index < -0.39 is 0 Å². The van der Waals surface area contributed by atoms with Crippen molar-refractivity contribution in [3.8, 4) is 0 Å². The van der Waals surface area contributed by atoms with Gasteiger partial charge in [-0.25, -0.2) is 0 Å². The second-order valence-electron chi connectivity index (χ2n) is 5.72. The number of hydrogen-bond acceptors (Lipinski definition) is 4. The van der Waals surface area contributed by atoms with Gasteiger partial charge in [0.2, 0.25) is 0 Å². The highest BCUT2D eigenvalue weighted by molar-refractivity contribution is 5.93. The second kappa shape index (κ2) is 6.11. The van der Waals surface area contributed by atoms with Crippen LogP contribution in [0.15, 0.2) is 18.3 Å². The van der Waals surface area contributed by atoms with Crippen molar-refractivity contribution in [1.29, 1.82) is 5.41 Å². The molecular formula is C15H23N5O. The van der Waals surface area contributed by atoms with Crippen molar-refractivity contribution in [2.45, 2.75) is 26.7 Å². The highest BCUT2D eigenvalue weighted by atomic mass is 16.1. The average Bonchev–Trinajstić information content (AvgIpc) is 2.48. The molecule has 1 fully saturated rings. The van der Waals surface area contributed by atoms with Gasteiger partial charge in [0, 0.05) is 36.9 Å². The average molecular weight is 289 g/mol. The molecule has 1 aliphatic heterocycles. The van der Waals surface area contributed by atoms with E-state index in [1.807, 2.05) is 26.0 Å². The zero-order chi connectivity index (χ0) is 15.5.